The summed E-state index contributed by atoms with van der Waals surface area (Å²) in [6, 6.07) is 8.36. The van der Waals surface area contributed by atoms with Crippen molar-refractivity contribution in [1.82, 2.24) is 9.88 Å². The molecule has 1 aromatic heterocycles. The van der Waals surface area contributed by atoms with E-state index >= 15 is 0 Å². The number of carbonyl (C=O) groups excluding carboxylic acids is 1. The number of para-hydroxylation sites is 1. The van der Waals surface area contributed by atoms with Crippen LogP contribution in [0.1, 0.15) is 12.0 Å². The molecule has 0 bridgehead atoms. The highest BCUT2D eigenvalue weighted by Crippen LogP contribution is 2.21. The van der Waals surface area contributed by atoms with Crippen LogP contribution < -0.4 is 0 Å². The second-order valence-electron chi connectivity index (χ2n) is 5.17. The fourth-order valence-corrected chi connectivity index (χ4v) is 2.99. The Kier molecular flexibility index (Phi) is 3.47. The Balaban J connectivity index is 1.69. The molecule has 1 amide bonds. The summed E-state index contributed by atoms with van der Waals surface area (Å²) in [6.07, 6.45) is 3.45. The largest absolute Gasteiger partial charge is 0.361 e. The number of rotatable bonds is 4. The molecule has 1 saturated heterocycles. The first-order valence-corrected chi connectivity index (χ1v) is 7.20. The lowest BCUT2D eigenvalue weighted by Crippen LogP contribution is -2.27. The number of benzene rings is 1. The number of fused-ring (bicyclic) bond motifs is 1. The Bertz CT molecular complexity index is 593. The number of amides is 1. The van der Waals surface area contributed by atoms with E-state index in [1.165, 1.54) is 16.5 Å². The molecule has 1 atom stereocenters. The van der Waals surface area contributed by atoms with Crippen LogP contribution in [0.2, 0.25) is 0 Å². The zero-order chi connectivity index (χ0) is 13.2. The maximum absolute atomic E-state index is 11.8. The van der Waals surface area contributed by atoms with Crippen LogP contribution in [-0.2, 0) is 11.2 Å². The van der Waals surface area contributed by atoms with Gasteiger partial charge in [-0.05, 0) is 29.4 Å². The summed E-state index contributed by atoms with van der Waals surface area (Å²) >= 11 is 5.84. The zero-order valence-electron chi connectivity index (χ0n) is 10.7. The fourth-order valence-electron chi connectivity index (χ4n) is 2.79. The van der Waals surface area contributed by atoms with Crippen LogP contribution in [0.3, 0.4) is 0 Å². The average molecular weight is 277 g/mol. The minimum Gasteiger partial charge on any atom is -0.361 e. The van der Waals surface area contributed by atoms with Gasteiger partial charge in [0.2, 0.25) is 5.91 Å². The van der Waals surface area contributed by atoms with Gasteiger partial charge in [-0.25, -0.2) is 0 Å². The van der Waals surface area contributed by atoms with Crippen LogP contribution in [-0.4, -0.2) is 34.8 Å². The number of aromatic amines is 1. The molecule has 2 heterocycles. The minimum absolute atomic E-state index is 0.240. The number of nitrogens with one attached hydrogen (secondary N) is 1. The van der Waals surface area contributed by atoms with Gasteiger partial charge in [-0.15, -0.1) is 11.6 Å². The first-order valence-electron chi connectivity index (χ1n) is 6.66. The van der Waals surface area contributed by atoms with E-state index < -0.39 is 0 Å². The Hall–Kier alpha value is -1.48. The van der Waals surface area contributed by atoms with Gasteiger partial charge < -0.3 is 9.88 Å². The van der Waals surface area contributed by atoms with Crippen molar-refractivity contribution in [3.8, 4) is 0 Å². The minimum atomic E-state index is 0.240. The molecular weight excluding hydrogens is 260 g/mol. The molecule has 4 heteroatoms. The number of halogens is 1. The van der Waals surface area contributed by atoms with Gasteiger partial charge in [-0.2, -0.15) is 0 Å². The highest BCUT2D eigenvalue weighted by atomic mass is 35.5. The lowest BCUT2D eigenvalue weighted by Gasteiger charge is -2.16. The molecule has 3 rings (SSSR count). The molecule has 1 fully saturated rings. The fraction of sp³-hybridized carbons (Fsp3) is 0.400. The summed E-state index contributed by atoms with van der Waals surface area (Å²) in [5, 5.41) is 1.23. The highest BCUT2D eigenvalue weighted by Gasteiger charge is 2.28. The van der Waals surface area contributed by atoms with Gasteiger partial charge in [0.25, 0.3) is 0 Å². The van der Waals surface area contributed by atoms with E-state index in [2.05, 4.69) is 29.2 Å². The summed E-state index contributed by atoms with van der Waals surface area (Å²) in [5.74, 6) is 1.15. The van der Waals surface area contributed by atoms with Crippen molar-refractivity contribution in [2.75, 3.05) is 19.0 Å². The van der Waals surface area contributed by atoms with Crippen LogP contribution in [0.25, 0.3) is 10.9 Å². The number of hydrogen-bond donors (Lipinski definition) is 1. The summed E-state index contributed by atoms with van der Waals surface area (Å²) in [4.78, 5) is 17.0. The number of alkyl halides is 1. The lowest BCUT2D eigenvalue weighted by atomic mass is 10.1. The van der Waals surface area contributed by atoms with Crippen molar-refractivity contribution in [3.05, 3.63) is 36.0 Å². The Labute approximate surface area is 117 Å². The van der Waals surface area contributed by atoms with E-state index in [0.717, 1.165) is 19.5 Å². The van der Waals surface area contributed by atoms with Crippen LogP contribution in [0.5, 0.6) is 0 Å². The second kappa shape index (κ2) is 5.25. The number of aromatic nitrogens is 1. The smallest absolute Gasteiger partial charge is 0.222 e. The first-order chi connectivity index (χ1) is 9.28. The number of carbonyl (C=O) groups is 1. The predicted octanol–water partition coefficient (Wildman–Crippen LogP) is 2.80. The zero-order valence-corrected chi connectivity index (χ0v) is 11.5. The van der Waals surface area contributed by atoms with Gasteiger partial charge in [-0.3, -0.25) is 4.79 Å². The van der Waals surface area contributed by atoms with Gasteiger partial charge in [0.15, 0.2) is 0 Å². The molecule has 1 N–H and O–H groups in total. The lowest BCUT2D eigenvalue weighted by molar-refractivity contribution is -0.127. The molecule has 1 unspecified atom stereocenters. The summed E-state index contributed by atoms with van der Waals surface area (Å²) in [5.41, 5.74) is 2.45. The average Bonchev–Trinajstić information content (AvgIpc) is 3.02. The highest BCUT2D eigenvalue weighted by molar-refractivity contribution is 6.18. The maximum Gasteiger partial charge on any atom is 0.222 e. The normalized spacial score (nSPS) is 19.5. The van der Waals surface area contributed by atoms with Gasteiger partial charge in [0, 0.05) is 37.1 Å². The van der Waals surface area contributed by atoms with Crippen molar-refractivity contribution in [2.24, 2.45) is 5.92 Å². The SMILES string of the molecule is O=C1CC(CCl)CN1CCc1cccc2cc[nH]c12. The third-order valence-corrected chi connectivity index (χ3v) is 4.27. The molecule has 1 aliphatic rings. The number of hydrogen-bond acceptors (Lipinski definition) is 1. The monoisotopic (exact) mass is 276 g/mol. The van der Waals surface area contributed by atoms with Gasteiger partial charge in [-0.1, -0.05) is 18.2 Å². The van der Waals surface area contributed by atoms with Crippen LogP contribution >= 0.6 is 11.6 Å². The molecule has 1 aromatic carbocycles. The molecule has 100 valence electrons. The van der Waals surface area contributed by atoms with Crippen molar-refractivity contribution in [3.63, 3.8) is 0 Å². The van der Waals surface area contributed by atoms with E-state index in [0.29, 0.717) is 18.2 Å². The van der Waals surface area contributed by atoms with Crippen molar-refractivity contribution in [2.45, 2.75) is 12.8 Å². The first kappa shape index (κ1) is 12.5. The predicted molar refractivity (Wildman–Crippen MR) is 77.4 cm³/mol. The van der Waals surface area contributed by atoms with Crippen molar-refractivity contribution in [1.29, 1.82) is 0 Å². The number of likely N-dealkylation sites (tertiary alicyclic amines) is 1. The van der Waals surface area contributed by atoms with E-state index in [1.807, 2.05) is 11.1 Å². The van der Waals surface area contributed by atoms with E-state index in [9.17, 15) is 4.79 Å². The molecule has 3 nitrogen and oxygen atoms in total. The van der Waals surface area contributed by atoms with Crippen molar-refractivity contribution < 1.29 is 4.79 Å². The second-order valence-corrected chi connectivity index (χ2v) is 5.48. The molecule has 0 saturated carbocycles. The number of nitrogens with zero attached hydrogens (tertiary/aromatic N) is 1. The molecule has 1 aliphatic heterocycles. The van der Waals surface area contributed by atoms with Gasteiger partial charge >= 0.3 is 0 Å². The van der Waals surface area contributed by atoms with Gasteiger partial charge in [0.1, 0.15) is 0 Å². The molecule has 0 aliphatic carbocycles. The third-order valence-electron chi connectivity index (χ3n) is 3.84. The third kappa shape index (κ3) is 2.47. The summed E-state index contributed by atoms with van der Waals surface area (Å²) in [7, 11) is 0. The van der Waals surface area contributed by atoms with Crippen LogP contribution in [0, 0.1) is 5.92 Å². The quantitative estimate of drug-likeness (QED) is 0.857. The summed E-state index contributed by atoms with van der Waals surface area (Å²) in [6.45, 7) is 1.59. The van der Waals surface area contributed by atoms with E-state index in [4.69, 9.17) is 11.6 Å². The molecule has 19 heavy (non-hydrogen) atoms. The Morgan fingerprint density at radius 3 is 3.05 bits per heavy atom. The van der Waals surface area contributed by atoms with Crippen LogP contribution in [0.4, 0.5) is 0 Å². The molecular formula is C15H17ClN2O. The molecule has 0 spiro atoms. The van der Waals surface area contributed by atoms with E-state index in [1.54, 1.807) is 0 Å². The van der Waals surface area contributed by atoms with Crippen LogP contribution in [0.15, 0.2) is 30.5 Å². The van der Waals surface area contributed by atoms with E-state index in [-0.39, 0.29) is 5.91 Å². The molecule has 2 aromatic rings. The Morgan fingerprint density at radius 2 is 2.26 bits per heavy atom. The summed E-state index contributed by atoms with van der Waals surface area (Å²) < 4.78 is 0. The van der Waals surface area contributed by atoms with Gasteiger partial charge in [0.05, 0.1) is 0 Å². The Morgan fingerprint density at radius 1 is 1.37 bits per heavy atom. The topological polar surface area (TPSA) is 36.1 Å². The number of H-pyrrole nitrogens is 1. The standard InChI is InChI=1S/C15H17ClN2O/c16-9-11-8-14(19)18(10-11)7-5-13-3-1-2-12-4-6-17-15(12)13/h1-4,6,11,17H,5,7-10H2. The van der Waals surface area contributed by atoms with Crippen molar-refractivity contribution >= 4 is 28.4 Å². The maximum atomic E-state index is 11.8. The molecule has 0 radical (unpaired) electrons.